The molecule has 6 heteroatoms. The Morgan fingerprint density at radius 3 is 2.68 bits per heavy atom. The maximum atomic E-state index is 11.8. The van der Waals surface area contributed by atoms with Crippen LogP contribution >= 0.6 is 11.6 Å². The maximum Gasteiger partial charge on any atom is 0.344 e. The van der Waals surface area contributed by atoms with Crippen molar-refractivity contribution in [2.75, 3.05) is 6.61 Å². The molecule has 3 rings (SSSR count). The second-order valence-corrected chi connectivity index (χ2v) is 5.91. The average molecular weight is 357 g/mol. The lowest BCUT2D eigenvalue weighted by atomic mass is 10.2. The molecule has 0 saturated heterocycles. The smallest absolute Gasteiger partial charge is 0.344 e. The van der Waals surface area contributed by atoms with Crippen LogP contribution in [-0.4, -0.2) is 22.4 Å². The molecule has 0 spiro atoms. The fraction of sp³-hybridized carbons (Fsp3) is 0.158. The lowest BCUT2D eigenvalue weighted by Gasteiger charge is -2.10. The highest BCUT2D eigenvalue weighted by atomic mass is 35.5. The zero-order valence-corrected chi connectivity index (χ0v) is 14.4. The number of hydrogen-bond donors (Lipinski definition) is 0. The topological polar surface area (TPSA) is 53.4 Å². The van der Waals surface area contributed by atoms with E-state index in [1.807, 2.05) is 43.5 Å². The Morgan fingerprint density at radius 2 is 2.00 bits per heavy atom. The molecule has 0 N–H and O–H groups in total. The first-order valence-electron chi connectivity index (χ1n) is 7.75. The molecule has 0 unspecified atom stereocenters. The minimum absolute atomic E-state index is 0.145. The lowest BCUT2D eigenvalue weighted by Crippen LogP contribution is -2.15. The first kappa shape index (κ1) is 17.0. The molecular weight excluding hydrogens is 340 g/mol. The number of nitrogens with zero attached hydrogens (tertiary/aromatic N) is 2. The van der Waals surface area contributed by atoms with Gasteiger partial charge >= 0.3 is 5.97 Å². The largest absolute Gasteiger partial charge is 0.482 e. The van der Waals surface area contributed by atoms with Crippen molar-refractivity contribution in [1.29, 1.82) is 0 Å². The molecular formula is C19H17ClN2O3. The molecule has 0 aliphatic carbocycles. The van der Waals surface area contributed by atoms with E-state index in [4.69, 9.17) is 21.1 Å². The fourth-order valence-electron chi connectivity index (χ4n) is 2.28. The summed E-state index contributed by atoms with van der Waals surface area (Å²) in [6, 6.07) is 14.7. The van der Waals surface area contributed by atoms with Crippen molar-refractivity contribution in [3.63, 3.8) is 0 Å². The first-order valence-corrected chi connectivity index (χ1v) is 8.13. The minimum atomic E-state index is -0.425. The van der Waals surface area contributed by atoms with Crippen LogP contribution in [0.2, 0.25) is 5.02 Å². The Labute approximate surface area is 150 Å². The van der Waals surface area contributed by atoms with Crippen molar-refractivity contribution in [3.05, 3.63) is 77.1 Å². The predicted molar refractivity (Wildman–Crippen MR) is 95.0 cm³/mol. The van der Waals surface area contributed by atoms with Crippen LogP contribution in [0.1, 0.15) is 11.1 Å². The van der Waals surface area contributed by atoms with Crippen LogP contribution < -0.4 is 4.74 Å². The summed E-state index contributed by atoms with van der Waals surface area (Å²) in [4.78, 5) is 11.8. The first-order chi connectivity index (χ1) is 12.1. The monoisotopic (exact) mass is 356 g/mol. The summed E-state index contributed by atoms with van der Waals surface area (Å²) < 4.78 is 12.5. The van der Waals surface area contributed by atoms with Gasteiger partial charge in [-0.2, -0.15) is 5.10 Å². The summed E-state index contributed by atoms with van der Waals surface area (Å²) in [7, 11) is 0. The van der Waals surface area contributed by atoms with Gasteiger partial charge in [0.2, 0.25) is 0 Å². The van der Waals surface area contributed by atoms with E-state index in [-0.39, 0.29) is 13.2 Å². The summed E-state index contributed by atoms with van der Waals surface area (Å²) in [5.74, 6) is 0.190. The Balaban J connectivity index is 1.49. The van der Waals surface area contributed by atoms with Gasteiger partial charge in [-0.15, -0.1) is 0 Å². The molecule has 0 fully saturated rings. The number of hydrogen-bond acceptors (Lipinski definition) is 4. The molecule has 3 aromatic rings. The van der Waals surface area contributed by atoms with Gasteiger partial charge in [0.15, 0.2) is 6.61 Å². The van der Waals surface area contributed by atoms with E-state index < -0.39 is 5.97 Å². The number of aryl methyl sites for hydroxylation is 1. The second kappa shape index (κ2) is 7.85. The van der Waals surface area contributed by atoms with E-state index in [1.54, 1.807) is 29.1 Å². The van der Waals surface area contributed by atoms with E-state index in [1.165, 1.54) is 0 Å². The number of esters is 1. The quantitative estimate of drug-likeness (QED) is 0.627. The molecule has 0 saturated carbocycles. The molecule has 2 aromatic carbocycles. The second-order valence-electron chi connectivity index (χ2n) is 5.48. The fourth-order valence-corrected chi connectivity index (χ4v) is 2.51. The lowest BCUT2D eigenvalue weighted by molar-refractivity contribution is -0.147. The minimum Gasteiger partial charge on any atom is -0.482 e. The molecule has 1 aromatic heterocycles. The third-order valence-electron chi connectivity index (χ3n) is 3.59. The average Bonchev–Trinajstić information content (AvgIpc) is 3.14. The van der Waals surface area contributed by atoms with E-state index in [2.05, 4.69) is 5.10 Å². The van der Waals surface area contributed by atoms with Gasteiger partial charge in [-0.05, 0) is 54.4 Å². The van der Waals surface area contributed by atoms with Gasteiger partial charge in [0, 0.05) is 17.4 Å². The number of ether oxygens (including phenoxy) is 2. The van der Waals surface area contributed by atoms with Gasteiger partial charge in [0.25, 0.3) is 0 Å². The zero-order valence-electron chi connectivity index (χ0n) is 13.7. The van der Waals surface area contributed by atoms with E-state index in [0.29, 0.717) is 10.8 Å². The van der Waals surface area contributed by atoms with Gasteiger partial charge in [-0.3, -0.25) is 0 Å². The summed E-state index contributed by atoms with van der Waals surface area (Å²) in [5.41, 5.74) is 2.71. The van der Waals surface area contributed by atoms with Crippen LogP contribution in [0.4, 0.5) is 0 Å². The van der Waals surface area contributed by atoms with Crippen molar-refractivity contribution in [3.8, 4) is 11.4 Å². The number of carbonyl (C=O) groups is 1. The third kappa shape index (κ3) is 4.61. The standard InChI is InChI=1S/C19H17ClN2O3/c1-14-11-16(20)5-8-18(14)24-13-19(23)25-12-15-3-6-17(7-4-15)22-10-2-9-21-22/h2-11H,12-13H2,1H3. The van der Waals surface area contributed by atoms with E-state index in [0.717, 1.165) is 16.8 Å². The molecule has 0 aliphatic heterocycles. The third-order valence-corrected chi connectivity index (χ3v) is 3.82. The van der Waals surface area contributed by atoms with Gasteiger partial charge in [-0.25, -0.2) is 9.48 Å². The zero-order chi connectivity index (χ0) is 17.6. The van der Waals surface area contributed by atoms with Crippen molar-refractivity contribution < 1.29 is 14.3 Å². The van der Waals surface area contributed by atoms with Gasteiger partial charge < -0.3 is 9.47 Å². The van der Waals surface area contributed by atoms with Crippen LogP contribution in [0.25, 0.3) is 5.69 Å². The molecule has 1 heterocycles. The number of halogens is 1. The molecule has 25 heavy (non-hydrogen) atoms. The van der Waals surface area contributed by atoms with E-state index in [9.17, 15) is 4.79 Å². The van der Waals surface area contributed by atoms with Crippen molar-refractivity contribution in [2.24, 2.45) is 0 Å². The highest BCUT2D eigenvalue weighted by Gasteiger charge is 2.07. The van der Waals surface area contributed by atoms with Gasteiger partial charge in [-0.1, -0.05) is 23.7 Å². The van der Waals surface area contributed by atoms with Crippen molar-refractivity contribution in [1.82, 2.24) is 9.78 Å². The molecule has 0 aliphatic rings. The van der Waals surface area contributed by atoms with Crippen LogP contribution in [0.5, 0.6) is 5.75 Å². The van der Waals surface area contributed by atoms with E-state index >= 15 is 0 Å². The molecule has 0 bridgehead atoms. The number of benzene rings is 2. The van der Waals surface area contributed by atoms with Gasteiger partial charge in [0.05, 0.1) is 5.69 Å². The molecule has 5 nitrogen and oxygen atoms in total. The summed E-state index contributed by atoms with van der Waals surface area (Å²) in [6.45, 7) is 1.92. The molecule has 0 radical (unpaired) electrons. The normalized spacial score (nSPS) is 10.5. The highest BCUT2D eigenvalue weighted by molar-refractivity contribution is 6.30. The Kier molecular flexibility index (Phi) is 5.36. The Hall–Kier alpha value is -2.79. The number of rotatable bonds is 6. The molecule has 0 atom stereocenters. The SMILES string of the molecule is Cc1cc(Cl)ccc1OCC(=O)OCc1ccc(-n2cccn2)cc1. The van der Waals surface area contributed by atoms with Gasteiger partial charge in [0.1, 0.15) is 12.4 Å². The summed E-state index contributed by atoms with van der Waals surface area (Å²) in [5, 5.41) is 4.79. The van der Waals surface area contributed by atoms with Crippen LogP contribution in [0.15, 0.2) is 60.9 Å². The van der Waals surface area contributed by atoms with Crippen LogP contribution in [-0.2, 0) is 16.1 Å². The Bertz CT molecular complexity index is 846. The summed E-state index contributed by atoms with van der Waals surface area (Å²) >= 11 is 5.89. The highest BCUT2D eigenvalue weighted by Crippen LogP contribution is 2.21. The van der Waals surface area contributed by atoms with Crippen LogP contribution in [0.3, 0.4) is 0 Å². The molecule has 128 valence electrons. The number of aromatic nitrogens is 2. The van der Waals surface area contributed by atoms with Crippen molar-refractivity contribution >= 4 is 17.6 Å². The predicted octanol–water partition coefficient (Wildman–Crippen LogP) is 3.96. The summed E-state index contributed by atoms with van der Waals surface area (Å²) in [6.07, 6.45) is 3.59. The maximum absolute atomic E-state index is 11.8. The van der Waals surface area contributed by atoms with Crippen LogP contribution in [0, 0.1) is 6.92 Å². The van der Waals surface area contributed by atoms with Crippen molar-refractivity contribution in [2.45, 2.75) is 13.5 Å². The molecule has 0 amide bonds. The Morgan fingerprint density at radius 1 is 1.20 bits per heavy atom. The number of carbonyl (C=O) groups excluding carboxylic acids is 1.